The Morgan fingerprint density at radius 3 is 2.38 bits per heavy atom. The fraction of sp³-hybridized carbons (Fsp3) is 0.200. The highest BCUT2D eigenvalue weighted by atomic mass is 79.9. The van der Waals surface area contributed by atoms with Gasteiger partial charge in [-0.25, -0.2) is 8.42 Å². The smallest absolute Gasteiger partial charge is 0.263 e. The number of rotatable bonds is 4. The summed E-state index contributed by atoms with van der Waals surface area (Å²) in [6.45, 7) is 4.29. The van der Waals surface area contributed by atoms with Crippen LogP contribution in [0.5, 0.6) is 0 Å². The van der Waals surface area contributed by atoms with Gasteiger partial charge in [0.15, 0.2) is 0 Å². The van der Waals surface area contributed by atoms with Crippen molar-refractivity contribution in [2.45, 2.75) is 25.3 Å². The van der Waals surface area contributed by atoms with Gasteiger partial charge in [-0.1, -0.05) is 12.1 Å². The molecule has 0 fully saturated rings. The van der Waals surface area contributed by atoms with Crippen LogP contribution in [0.3, 0.4) is 0 Å². The molecule has 2 aromatic rings. The number of nitrogens with two attached hydrogens (primary N) is 1. The van der Waals surface area contributed by atoms with Crippen LogP contribution in [0.2, 0.25) is 0 Å². The Labute approximate surface area is 133 Å². The van der Waals surface area contributed by atoms with Crippen molar-refractivity contribution in [1.29, 1.82) is 0 Å². The Kier molecular flexibility index (Phi) is 4.70. The number of hydrogen-bond acceptors (Lipinski definition) is 3. The van der Waals surface area contributed by atoms with E-state index in [0.29, 0.717) is 16.7 Å². The van der Waals surface area contributed by atoms with Gasteiger partial charge in [-0.2, -0.15) is 0 Å². The standard InChI is InChI=1S/C15H17BrN2O2S/c1-10-3-5-13(7-11(10)2)18-21(19,20)15-6-4-12(9-17)8-14(15)16/h3-8,18H,9,17H2,1-2H3. The fourth-order valence-electron chi connectivity index (χ4n) is 1.90. The molecule has 0 aromatic heterocycles. The number of halogens is 1. The molecule has 0 saturated carbocycles. The lowest BCUT2D eigenvalue weighted by atomic mass is 10.1. The van der Waals surface area contributed by atoms with Gasteiger partial charge in [-0.3, -0.25) is 4.72 Å². The number of anilines is 1. The molecule has 0 amide bonds. The first-order valence-electron chi connectivity index (χ1n) is 6.42. The molecule has 0 heterocycles. The summed E-state index contributed by atoms with van der Waals surface area (Å²) in [7, 11) is -3.64. The largest absolute Gasteiger partial charge is 0.326 e. The average molecular weight is 369 g/mol. The van der Waals surface area contributed by atoms with E-state index < -0.39 is 10.0 Å². The van der Waals surface area contributed by atoms with E-state index in [-0.39, 0.29) is 4.90 Å². The van der Waals surface area contributed by atoms with E-state index in [1.807, 2.05) is 26.0 Å². The first-order valence-corrected chi connectivity index (χ1v) is 8.69. The predicted octanol–water partition coefficient (Wildman–Crippen LogP) is 3.33. The third-order valence-corrected chi connectivity index (χ3v) is 5.64. The molecule has 6 heteroatoms. The average Bonchev–Trinajstić information content (AvgIpc) is 2.42. The second-order valence-electron chi connectivity index (χ2n) is 4.87. The molecule has 3 N–H and O–H groups in total. The summed E-state index contributed by atoms with van der Waals surface area (Å²) < 4.78 is 28.0. The molecular weight excluding hydrogens is 352 g/mol. The van der Waals surface area contributed by atoms with E-state index in [1.165, 1.54) is 0 Å². The van der Waals surface area contributed by atoms with Crippen LogP contribution in [0.25, 0.3) is 0 Å². The van der Waals surface area contributed by atoms with Gasteiger partial charge >= 0.3 is 0 Å². The lowest BCUT2D eigenvalue weighted by molar-refractivity contribution is 0.600. The molecule has 0 atom stereocenters. The van der Waals surface area contributed by atoms with Gasteiger partial charge in [0.1, 0.15) is 4.90 Å². The van der Waals surface area contributed by atoms with Crippen LogP contribution in [0.4, 0.5) is 5.69 Å². The summed E-state index contributed by atoms with van der Waals surface area (Å²) in [6, 6.07) is 10.4. The van der Waals surface area contributed by atoms with Gasteiger partial charge in [0.25, 0.3) is 10.0 Å². The van der Waals surface area contributed by atoms with Crippen molar-refractivity contribution in [1.82, 2.24) is 0 Å². The molecule has 0 radical (unpaired) electrons. The van der Waals surface area contributed by atoms with Crippen LogP contribution in [-0.4, -0.2) is 8.42 Å². The van der Waals surface area contributed by atoms with Crippen LogP contribution >= 0.6 is 15.9 Å². The van der Waals surface area contributed by atoms with Crippen molar-refractivity contribution in [3.63, 3.8) is 0 Å². The number of sulfonamides is 1. The molecule has 0 bridgehead atoms. The molecule has 112 valence electrons. The lowest BCUT2D eigenvalue weighted by Crippen LogP contribution is -2.14. The number of aryl methyl sites for hydroxylation is 2. The molecule has 21 heavy (non-hydrogen) atoms. The lowest BCUT2D eigenvalue weighted by Gasteiger charge is -2.11. The summed E-state index contributed by atoms with van der Waals surface area (Å²) >= 11 is 3.29. The third kappa shape index (κ3) is 3.64. The summed E-state index contributed by atoms with van der Waals surface area (Å²) in [4.78, 5) is 0.193. The second kappa shape index (κ2) is 6.17. The van der Waals surface area contributed by atoms with Gasteiger partial charge in [-0.05, 0) is 70.7 Å². The van der Waals surface area contributed by atoms with E-state index in [0.717, 1.165) is 16.7 Å². The van der Waals surface area contributed by atoms with E-state index in [4.69, 9.17) is 5.73 Å². The van der Waals surface area contributed by atoms with E-state index in [1.54, 1.807) is 24.3 Å². The molecule has 2 rings (SSSR count). The fourth-order valence-corrected chi connectivity index (χ4v) is 4.08. The van der Waals surface area contributed by atoms with Crippen LogP contribution in [0, 0.1) is 13.8 Å². The van der Waals surface area contributed by atoms with Crippen LogP contribution < -0.4 is 10.5 Å². The van der Waals surface area contributed by atoms with Crippen molar-refractivity contribution >= 4 is 31.6 Å². The Balaban J connectivity index is 2.36. The highest BCUT2D eigenvalue weighted by molar-refractivity contribution is 9.10. The van der Waals surface area contributed by atoms with E-state index >= 15 is 0 Å². The number of benzene rings is 2. The summed E-state index contributed by atoms with van der Waals surface area (Å²) in [5.41, 5.74) is 9.11. The van der Waals surface area contributed by atoms with Crippen LogP contribution in [-0.2, 0) is 16.6 Å². The molecule has 2 aromatic carbocycles. The summed E-state index contributed by atoms with van der Waals surface area (Å²) in [5, 5.41) is 0. The minimum atomic E-state index is -3.64. The molecule has 0 aliphatic carbocycles. The molecule has 0 aliphatic heterocycles. The van der Waals surface area contributed by atoms with Gasteiger partial charge in [-0.15, -0.1) is 0 Å². The maximum Gasteiger partial charge on any atom is 0.263 e. The quantitative estimate of drug-likeness (QED) is 0.869. The zero-order valence-electron chi connectivity index (χ0n) is 11.9. The zero-order valence-corrected chi connectivity index (χ0v) is 14.3. The Morgan fingerprint density at radius 2 is 1.81 bits per heavy atom. The van der Waals surface area contributed by atoms with Crippen molar-refractivity contribution in [3.05, 3.63) is 57.6 Å². The minimum Gasteiger partial charge on any atom is -0.326 e. The van der Waals surface area contributed by atoms with Gasteiger partial charge in [0.2, 0.25) is 0 Å². The van der Waals surface area contributed by atoms with Crippen molar-refractivity contribution in [2.75, 3.05) is 4.72 Å². The maximum atomic E-state index is 12.4. The van der Waals surface area contributed by atoms with Crippen molar-refractivity contribution < 1.29 is 8.42 Å². The van der Waals surface area contributed by atoms with Gasteiger partial charge in [0, 0.05) is 16.7 Å². The predicted molar refractivity (Wildman–Crippen MR) is 88.8 cm³/mol. The number of nitrogens with one attached hydrogen (secondary N) is 1. The molecule has 0 unspecified atom stereocenters. The normalized spacial score (nSPS) is 11.4. The minimum absolute atomic E-state index is 0.193. The van der Waals surface area contributed by atoms with Gasteiger partial charge in [0.05, 0.1) is 0 Å². The van der Waals surface area contributed by atoms with Crippen LogP contribution in [0.1, 0.15) is 16.7 Å². The molecular formula is C15H17BrN2O2S. The SMILES string of the molecule is Cc1ccc(NS(=O)(=O)c2ccc(CN)cc2Br)cc1C. The first-order chi connectivity index (χ1) is 9.83. The molecule has 0 saturated heterocycles. The Morgan fingerprint density at radius 1 is 1.10 bits per heavy atom. The Bertz CT molecular complexity index is 773. The zero-order chi connectivity index (χ0) is 15.6. The monoisotopic (exact) mass is 368 g/mol. The van der Waals surface area contributed by atoms with Gasteiger partial charge < -0.3 is 5.73 Å². The molecule has 0 spiro atoms. The van der Waals surface area contributed by atoms with Crippen molar-refractivity contribution in [2.24, 2.45) is 5.73 Å². The molecule has 0 aliphatic rings. The highest BCUT2D eigenvalue weighted by Crippen LogP contribution is 2.26. The first kappa shape index (κ1) is 16.0. The maximum absolute atomic E-state index is 12.4. The summed E-state index contributed by atoms with van der Waals surface area (Å²) in [6.07, 6.45) is 0. The van der Waals surface area contributed by atoms with E-state index in [2.05, 4.69) is 20.7 Å². The highest BCUT2D eigenvalue weighted by Gasteiger charge is 2.18. The topological polar surface area (TPSA) is 72.2 Å². The van der Waals surface area contributed by atoms with E-state index in [9.17, 15) is 8.42 Å². The van der Waals surface area contributed by atoms with Crippen LogP contribution in [0.15, 0.2) is 45.8 Å². The summed E-state index contributed by atoms with van der Waals surface area (Å²) in [5.74, 6) is 0. The molecule has 4 nitrogen and oxygen atoms in total. The Hall–Kier alpha value is -1.37. The second-order valence-corrected chi connectivity index (χ2v) is 7.38. The third-order valence-electron chi connectivity index (χ3n) is 3.28. The van der Waals surface area contributed by atoms with Crippen molar-refractivity contribution in [3.8, 4) is 0 Å². The number of hydrogen-bond donors (Lipinski definition) is 2.